The van der Waals surface area contributed by atoms with Crippen LogP contribution in [0.15, 0.2) is 30.6 Å². The van der Waals surface area contributed by atoms with Crippen LogP contribution in [0.3, 0.4) is 0 Å². The molecule has 0 atom stereocenters. The Balaban J connectivity index is 0.00000141. The van der Waals surface area contributed by atoms with Crippen molar-refractivity contribution in [3.63, 3.8) is 0 Å². The number of halogens is 1. The molecule has 0 radical (unpaired) electrons. The van der Waals surface area contributed by atoms with Crippen LogP contribution in [0.5, 0.6) is 11.6 Å². The number of ether oxygens (including phenoxy) is 2. The van der Waals surface area contributed by atoms with Crippen LogP contribution in [0, 0.1) is 0 Å². The highest BCUT2D eigenvalue weighted by atomic mass is 35.5. The number of aromatic nitrogens is 4. The molecule has 1 aliphatic heterocycles. The van der Waals surface area contributed by atoms with Crippen molar-refractivity contribution < 1.29 is 14.3 Å². The van der Waals surface area contributed by atoms with Gasteiger partial charge in [-0.25, -0.2) is 9.78 Å². The number of piperazine rings is 1. The molecule has 1 saturated heterocycles. The molecule has 0 unspecified atom stereocenters. The highest BCUT2D eigenvalue weighted by Gasteiger charge is 2.26. The minimum absolute atomic E-state index is 0.0732. The summed E-state index contributed by atoms with van der Waals surface area (Å²) in [7, 11) is 0. The summed E-state index contributed by atoms with van der Waals surface area (Å²) in [5, 5.41) is 0.0732. The second-order valence-electron chi connectivity index (χ2n) is 7.95. The maximum absolute atomic E-state index is 12.2. The smallest absolute Gasteiger partial charge is 0.410 e. The van der Waals surface area contributed by atoms with Gasteiger partial charge in [0.2, 0.25) is 11.2 Å². The Kier molecular flexibility index (Phi) is 7.40. The van der Waals surface area contributed by atoms with E-state index in [1.165, 1.54) is 6.33 Å². The predicted molar refractivity (Wildman–Crippen MR) is 125 cm³/mol. The second-order valence-corrected chi connectivity index (χ2v) is 8.29. The molecule has 3 aromatic rings. The van der Waals surface area contributed by atoms with E-state index in [-0.39, 0.29) is 11.4 Å². The number of carbonyl (C=O) groups is 1. The van der Waals surface area contributed by atoms with Crippen LogP contribution < -0.4 is 9.64 Å². The fourth-order valence-electron chi connectivity index (χ4n) is 3.17. The van der Waals surface area contributed by atoms with Gasteiger partial charge in [0.1, 0.15) is 16.9 Å². The minimum Gasteiger partial charge on any atom is -0.444 e. The molecule has 1 N–H and O–H groups in total. The van der Waals surface area contributed by atoms with Gasteiger partial charge in [-0.15, -0.1) is 0 Å². The zero-order chi connectivity index (χ0) is 23.3. The first kappa shape index (κ1) is 23.6. The van der Waals surface area contributed by atoms with E-state index >= 15 is 0 Å². The lowest BCUT2D eigenvalue weighted by atomic mass is 10.2. The Morgan fingerprint density at radius 3 is 2.34 bits per heavy atom. The Hall–Kier alpha value is -3.07. The Morgan fingerprint density at radius 1 is 1.06 bits per heavy atom. The molecule has 0 spiro atoms. The van der Waals surface area contributed by atoms with E-state index in [9.17, 15) is 4.79 Å². The Morgan fingerprint density at radius 2 is 1.72 bits per heavy atom. The molecular formula is C22H29ClN6O3. The van der Waals surface area contributed by atoms with Crippen LogP contribution in [0.2, 0.25) is 5.28 Å². The summed E-state index contributed by atoms with van der Waals surface area (Å²) in [6.45, 7) is 12.3. The summed E-state index contributed by atoms with van der Waals surface area (Å²) in [5.74, 6) is 0.943. The van der Waals surface area contributed by atoms with Crippen LogP contribution in [0.4, 0.5) is 10.5 Å². The standard InChI is InChI=1S/C20H23ClN6O3.C2H6/c1-20(2,3)30-19(28)27-10-8-26(9-11-27)13-4-6-14(7-5-13)29-17-15-16(23-12-22-15)24-18(21)25-17;1-2/h4-7,12H,8-11H2,1-3H3,(H,22,23,24,25);1-2H3. The molecule has 0 saturated carbocycles. The van der Waals surface area contributed by atoms with Crippen LogP contribution >= 0.6 is 11.6 Å². The molecular weight excluding hydrogens is 432 g/mol. The van der Waals surface area contributed by atoms with Gasteiger partial charge >= 0.3 is 6.09 Å². The normalized spacial score (nSPS) is 14.1. The number of imidazole rings is 1. The molecule has 4 rings (SSSR count). The molecule has 0 bridgehead atoms. The number of aromatic amines is 1. The highest BCUT2D eigenvalue weighted by molar-refractivity contribution is 6.28. The van der Waals surface area contributed by atoms with Gasteiger partial charge in [-0.05, 0) is 56.6 Å². The molecule has 0 aliphatic carbocycles. The van der Waals surface area contributed by atoms with E-state index in [2.05, 4.69) is 24.8 Å². The third-order valence-electron chi connectivity index (χ3n) is 4.57. The number of hydrogen-bond acceptors (Lipinski definition) is 7. The minimum atomic E-state index is -0.486. The zero-order valence-corrected chi connectivity index (χ0v) is 19.8. The van der Waals surface area contributed by atoms with Crippen molar-refractivity contribution >= 4 is 34.5 Å². The summed E-state index contributed by atoms with van der Waals surface area (Å²) in [6, 6.07) is 7.69. The number of hydrogen-bond donors (Lipinski definition) is 1. The number of rotatable bonds is 3. The lowest BCUT2D eigenvalue weighted by molar-refractivity contribution is 0.0240. The number of anilines is 1. The largest absolute Gasteiger partial charge is 0.444 e. The number of nitrogens with zero attached hydrogens (tertiary/aromatic N) is 5. The molecule has 172 valence electrons. The SMILES string of the molecule is CC.CC(C)(C)OC(=O)N1CCN(c2ccc(Oc3nc(Cl)nc4nc[nH]c34)cc2)CC1. The lowest BCUT2D eigenvalue weighted by Crippen LogP contribution is -2.50. The number of fused-ring (bicyclic) bond motifs is 1. The van der Waals surface area contributed by atoms with Crippen LogP contribution in [0.25, 0.3) is 11.2 Å². The summed E-state index contributed by atoms with van der Waals surface area (Å²) >= 11 is 5.94. The predicted octanol–water partition coefficient (Wildman–Crippen LogP) is 4.88. The van der Waals surface area contributed by atoms with Crippen molar-refractivity contribution in [3.05, 3.63) is 35.9 Å². The number of carbonyl (C=O) groups excluding carboxylic acids is 1. The molecule has 10 heteroatoms. The van der Waals surface area contributed by atoms with Crippen molar-refractivity contribution in [2.75, 3.05) is 31.1 Å². The molecule has 2 aromatic heterocycles. The summed E-state index contributed by atoms with van der Waals surface area (Å²) in [4.78, 5) is 31.4. The highest BCUT2D eigenvalue weighted by Crippen LogP contribution is 2.28. The van der Waals surface area contributed by atoms with Crippen LogP contribution in [-0.4, -0.2) is 62.7 Å². The van der Waals surface area contributed by atoms with Gasteiger partial charge in [0.25, 0.3) is 0 Å². The molecule has 1 aromatic carbocycles. The third kappa shape index (κ3) is 5.79. The van der Waals surface area contributed by atoms with E-state index in [1.54, 1.807) is 4.90 Å². The molecule has 1 fully saturated rings. The van der Waals surface area contributed by atoms with E-state index in [1.807, 2.05) is 58.9 Å². The zero-order valence-electron chi connectivity index (χ0n) is 19.1. The van der Waals surface area contributed by atoms with E-state index < -0.39 is 5.60 Å². The maximum Gasteiger partial charge on any atom is 0.410 e. The molecule has 32 heavy (non-hydrogen) atoms. The van der Waals surface area contributed by atoms with Crippen LogP contribution in [0.1, 0.15) is 34.6 Å². The van der Waals surface area contributed by atoms with Gasteiger partial charge in [0.15, 0.2) is 5.65 Å². The van der Waals surface area contributed by atoms with Crippen molar-refractivity contribution in [1.29, 1.82) is 0 Å². The maximum atomic E-state index is 12.2. The first-order valence-corrected chi connectivity index (χ1v) is 11.0. The fourth-order valence-corrected chi connectivity index (χ4v) is 3.32. The summed E-state index contributed by atoms with van der Waals surface area (Å²) in [5.41, 5.74) is 1.60. The van der Waals surface area contributed by atoms with E-state index in [4.69, 9.17) is 21.1 Å². The Bertz CT molecular complexity index is 1040. The third-order valence-corrected chi connectivity index (χ3v) is 4.74. The average molecular weight is 461 g/mol. The van der Waals surface area contributed by atoms with Gasteiger partial charge in [-0.3, -0.25) is 0 Å². The van der Waals surface area contributed by atoms with Gasteiger partial charge in [0, 0.05) is 31.9 Å². The first-order chi connectivity index (χ1) is 15.3. The second kappa shape index (κ2) is 10.0. The average Bonchev–Trinajstić information content (AvgIpc) is 3.23. The Labute approximate surface area is 192 Å². The topological polar surface area (TPSA) is 96.5 Å². The van der Waals surface area contributed by atoms with Crippen molar-refractivity contribution in [3.8, 4) is 11.6 Å². The van der Waals surface area contributed by atoms with Gasteiger partial charge in [-0.2, -0.15) is 9.97 Å². The van der Waals surface area contributed by atoms with Gasteiger partial charge in [-0.1, -0.05) is 13.8 Å². The van der Waals surface area contributed by atoms with E-state index in [0.717, 1.165) is 18.8 Å². The first-order valence-electron chi connectivity index (χ1n) is 10.7. The van der Waals surface area contributed by atoms with Crippen molar-refractivity contribution in [1.82, 2.24) is 24.8 Å². The summed E-state index contributed by atoms with van der Waals surface area (Å²) in [6.07, 6.45) is 1.25. The monoisotopic (exact) mass is 460 g/mol. The number of nitrogens with one attached hydrogen (secondary N) is 1. The molecule has 1 aliphatic rings. The number of H-pyrrole nitrogens is 1. The summed E-state index contributed by atoms with van der Waals surface area (Å²) < 4.78 is 11.3. The molecule has 9 nitrogen and oxygen atoms in total. The molecule has 1 amide bonds. The quantitative estimate of drug-likeness (QED) is 0.556. The lowest BCUT2D eigenvalue weighted by Gasteiger charge is -2.36. The van der Waals surface area contributed by atoms with Crippen molar-refractivity contribution in [2.45, 2.75) is 40.2 Å². The fraction of sp³-hybridized carbons (Fsp3) is 0.455. The van der Waals surface area contributed by atoms with Gasteiger partial charge in [0.05, 0.1) is 6.33 Å². The molecule has 3 heterocycles. The number of amides is 1. The number of benzene rings is 1. The van der Waals surface area contributed by atoms with Crippen molar-refractivity contribution in [2.24, 2.45) is 0 Å². The van der Waals surface area contributed by atoms with Gasteiger partial charge < -0.3 is 24.3 Å². The van der Waals surface area contributed by atoms with E-state index in [0.29, 0.717) is 35.9 Å². The van der Waals surface area contributed by atoms with Crippen LogP contribution in [-0.2, 0) is 4.74 Å².